The van der Waals surface area contributed by atoms with Gasteiger partial charge in [-0.15, -0.1) is 0 Å². The fourth-order valence-corrected chi connectivity index (χ4v) is 5.96. The summed E-state index contributed by atoms with van der Waals surface area (Å²) < 4.78 is 33.7. The van der Waals surface area contributed by atoms with Crippen LogP contribution in [-0.4, -0.2) is 81.2 Å². The second kappa shape index (κ2) is 36.7. The van der Waals surface area contributed by atoms with E-state index in [1.165, 1.54) is 57.8 Å². The summed E-state index contributed by atoms with van der Waals surface area (Å²) in [5.41, 5.74) is 0. The second-order valence-electron chi connectivity index (χ2n) is 15.2. The molecule has 0 fully saturated rings. The first-order valence-electron chi connectivity index (χ1n) is 21.3. The quantitative estimate of drug-likeness (QED) is 0.0163. The van der Waals surface area contributed by atoms with Gasteiger partial charge in [-0.3, -0.25) is 14.2 Å². The molecular formula is C45H78NO9P. The molecule has 0 rings (SSSR count). The van der Waals surface area contributed by atoms with E-state index in [-0.39, 0.29) is 26.1 Å². The van der Waals surface area contributed by atoms with Gasteiger partial charge in [0.05, 0.1) is 33.9 Å². The molecule has 2 unspecified atom stereocenters. The Hall–Kier alpha value is -2.59. The standard InChI is InChI=1S/C45H78NO9P/c1-6-8-10-11-12-13-14-19-22-25-28-32-36-44(48)52-40-43(41-54-56(50,51)53-39-38-46(3,4)5)55-45(49)37-33-29-26-23-20-17-15-16-18-21-24-27-31-35-42(47)34-30-9-7-2/h9,16-18,20,24,26-27,29-31,35,42-43,47H,6-8,10-15,19,21-23,25,28,32-34,36-41H2,1-5H3/b18-16-,20-17-,27-24+,29-26-,30-9-,35-31+/t42?,43-/m1/s1. The van der Waals surface area contributed by atoms with Crippen LogP contribution in [0.4, 0.5) is 0 Å². The van der Waals surface area contributed by atoms with Crippen molar-refractivity contribution in [1.29, 1.82) is 0 Å². The molecular weight excluding hydrogens is 729 g/mol. The highest BCUT2D eigenvalue weighted by atomic mass is 31.2. The maximum atomic E-state index is 12.6. The first kappa shape index (κ1) is 53.4. The molecule has 0 aliphatic carbocycles. The molecule has 11 heteroatoms. The van der Waals surface area contributed by atoms with Gasteiger partial charge in [0.25, 0.3) is 7.82 Å². The average Bonchev–Trinajstić information content (AvgIpc) is 3.14. The summed E-state index contributed by atoms with van der Waals surface area (Å²) in [6.45, 7) is 3.89. The van der Waals surface area contributed by atoms with Crippen molar-refractivity contribution in [3.05, 3.63) is 72.9 Å². The largest absolute Gasteiger partial charge is 0.756 e. The van der Waals surface area contributed by atoms with E-state index in [1.807, 2.05) is 63.7 Å². The van der Waals surface area contributed by atoms with Crippen molar-refractivity contribution in [2.75, 3.05) is 47.5 Å². The molecule has 56 heavy (non-hydrogen) atoms. The van der Waals surface area contributed by atoms with E-state index in [0.717, 1.165) is 38.5 Å². The average molecular weight is 808 g/mol. The summed E-state index contributed by atoms with van der Waals surface area (Å²) >= 11 is 0. The van der Waals surface area contributed by atoms with Crippen LogP contribution in [0, 0.1) is 0 Å². The van der Waals surface area contributed by atoms with Crippen LogP contribution in [-0.2, 0) is 32.7 Å². The lowest BCUT2D eigenvalue weighted by Crippen LogP contribution is -2.37. The highest BCUT2D eigenvalue weighted by molar-refractivity contribution is 7.45. The van der Waals surface area contributed by atoms with E-state index < -0.39 is 38.6 Å². The molecule has 0 saturated heterocycles. The molecule has 0 spiro atoms. The SMILES string of the molecule is CC/C=C\CC(O)/C=C/C=C/C/C=C\C/C=C\C/C=C\CCC(=O)O[C@H](COC(=O)CCCCCCCCCCCCCC)COP(=O)([O-])OCC[N+](C)(C)C. The maximum absolute atomic E-state index is 12.6. The van der Waals surface area contributed by atoms with Gasteiger partial charge >= 0.3 is 11.9 Å². The topological polar surface area (TPSA) is 131 Å². The van der Waals surface area contributed by atoms with Crippen molar-refractivity contribution in [3.63, 3.8) is 0 Å². The first-order valence-corrected chi connectivity index (χ1v) is 22.7. The van der Waals surface area contributed by atoms with Gasteiger partial charge in [-0.05, 0) is 44.9 Å². The summed E-state index contributed by atoms with van der Waals surface area (Å²) in [5.74, 6) is -0.959. The van der Waals surface area contributed by atoms with Crippen molar-refractivity contribution in [2.24, 2.45) is 0 Å². The van der Waals surface area contributed by atoms with Gasteiger partial charge in [0, 0.05) is 12.8 Å². The molecule has 0 heterocycles. The van der Waals surface area contributed by atoms with Gasteiger partial charge in [-0.1, -0.05) is 157 Å². The third-order valence-electron chi connectivity index (χ3n) is 8.58. The number of quaternary nitrogens is 1. The number of unbranched alkanes of at least 4 members (excludes halogenated alkanes) is 11. The summed E-state index contributed by atoms with van der Waals surface area (Å²) in [5, 5.41) is 9.84. The van der Waals surface area contributed by atoms with Crippen molar-refractivity contribution in [1.82, 2.24) is 0 Å². The molecule has 0 saturated carbocycles. The summed E-state index contributed by atoms with van der Waals surface area (Å²) in [7, 11) is 1.08. The lowest BCUT2D eigenvalue weighted by molar-refractivity contribution is -0.870. The van der Waals surface area contributed by atoms with E-state index in [9.17, 15) is 24.2 Å². The van der Waals surface area contributed by atoms with Crippen LogP contribution in [0.25, 0.3) is 0 Å². The molecule has 0 aromatic rings. The lowest BCUT2D eigenvalue weighted by Gasteiger charge is -2.28. The normalized spacial score (nSPS) is 14.9. The van der Waals surface area contributed by atoms with Crippen LogP contribution in [0.15, 0.2) is 72.9 Å². The highest BCUT2D eigenvalue weighted by Crippen LogP contribution is 2.38. The molecule has 0 bridgehead atoms. The van der Waals surface area contributed by atoms with Crippen LogP contribution in [0.5, 0.6) is 0 Å². The monoisotopic (exact) mass is 808 g/mol. The minimum absolute atomic E-state index is 0.0540. The molecule has 0 aromatic heterocycles. The Bertz CT molecular complexity index is 1200. The number of rotatable bonds is 37. The zero-order valence-electron chi connectivity index (χ0n) is 35.7. The van der Waals surface area contributed by atoms with E-state index in [4.69, 9.17) is 18.5 Å². The van der Waals surface area contributed by atoms with E-state index in [0.29, 0.717) is 30.3 Å². The van der Waals surface area contributed by atoms with Gasteiger partial charge in [-0.2, -0.15) is 0 Å². The van der Waals surface area contributed by atoms with Crippen molar-refractivity contribution >= 4 is 19.8 Å². The van der Waals surface area contributed by atoms with Gasteiger partial charge in [-0.25, -0.2) is 0 Å². The van der Waals surface area contributed by atoms with Crippen LogP contribution in [0.3, 0.4) is 0 Å². The number of hydrogen-bond donors (Lipinski definition) is 1. The number of carbonyl (C=O) groups is 2. The number of allylic oxidation sites excluding steroid dienone is 10. The molecule has 322 valence electrons. The van der Waals surface area contributed by atoms with Crippen molar-refractivity contribution in [3.8, 4) is 0 Å². The predicted octanol–water partition coefficient (Wildman–Crippen LogP) is 10.2. The minimum Gasteiger partial charge on any atom is -0.756 e. The van der Waals surface area contributed by atoms with E-state index in [2.05, 4.69) is 38.2 Å². The number of phosphoric ester groups is 1. The summed E-state index contributed by atoms with van der Waals surface area (Å²) in [6, 6.07) is 0. The van der Waals surface area contributed by atoms with Gasteiger partial charge in [0.15, 0.2) is 6.10 Å². The van der Waals surface area contributed by atoms with Crippen LogP contribution >= 0.6 is 7.82 Å². The Morgan fingerprint density at radius 2 is 1.25 bits per heavy atom. The molecule has 0 aliphatic rings. The van der Waals surface area contributed by atoms with Crippen LogP contribution < -0.4 is 4.89 Å². The third kappa shape index (κ3) is 39.6. The molecule has 0 aromatic carbocycles. The van der Waals surface area contributed by atoms with Crippen LogP contribution in [0.1, 0.15) is 142 Å². The lowest BCUT2D eigenvalue weighted by atomic mass is 10.0. The smallest absolute Gasteiger partial charge is 0.306 e. The Morgan fingerprint density at radius 1 is 0.679 bits per heavy atom. The Balaban J connectivity index is 4.56. The number of nitrogens with zero attached hydrogens (tertiary/aromatic N) is 1. The molecule has 0 aliphatic heterocycles. The number of carbonyl (C=O) groups excluding carboxylic acids is 2. The number of likely N-dealkylation sites (N-methyl/N-ethyl adjacent to an activating group) is 1. The van der Waals surface area contributed by atoms with E-state index >= 15 is 0 Å². The second-order valence-corrected chi connectivity index (χ2v) is 16.6. The fraction of sp³-hybridized carbons (Fsp3) is 0.689. The highest BCUT2D eigenvalue weighted by Gasteiger charge is 2.21. The number of hydrogen-bond acceptors (Lipinski definition) is 9. The van der Waals surface area contributed by atoms with E-state index in [1.54, 1.807) is 6.08 Å². The number of phosphoric acid groups is 1. The fourth-order valence-electron chi connectivity index (χ4n) is 5.23. The van der Waals surface area contributed by atoms with Crippen molar-refractivity contribution in [2.45, 2.75) is 154 Å². The zero-order valence-corrected chi connectivity index (χ0v) is 36.6. The number of ether oxygens (including phenoxy) is 2. The molecule has 10 nitrogen and oxygen atoms in total. The van der Waals surface area contributed by atoms with Gasteiger partial charge in [0.2, 0.25) is 0 Å². The molecule has 0 radical (unpaired) electrons. The number of aliphatic hydroxyl groups excluding tert-OH is 1. The Kier molecular flexibility index (Phi) is 35.0. The number of aliphatic hydroxyl groups is 1. The maximum Gasteiger partial charge on any atom is 0.306 e. The third-order valence-corrected chi connectivity index (χ3v) is 9.55. The Morgan fingerprint density at radius 3 is 1.84 bits per heavy atom. The van der Waals surface area contributed by atoms with Gasteiger partial charge in [0.1, 0.15) is 19.8 Å². The van der Waals surface area contributed by atoms with Crippen molar-refractivity contribution < 1.29 is 47.2 Å². The van der Waals surface area contributed by atoms with Crippen LogP contribution in [0.2, 0.25) is 0 Å². The Labute approximate surface area is 341 Å². The minimum atomic E-state index is -4.65. The zero-order chi connectivity index (χ0) is 41.6. The number of esters is 2. The van der Waals surface area contributed by atoms with Gasteiger partial charge < -0.3 is 33.0 Å². The summed E-state index contributed by atoms with van der Waals surface area (Å²) in [6.07, 6.45) is 41.3. The molecule has 0 amide bonds. The predicted molar refractivity (Wildman–Crippen MR) is 228 cm³/mol. The molecule has 1 N–H and O–H groups in total. The summed E-state index contributed by atoms with van der Waals surface area (Å²) in [4.78, 5) is 37.4. The molecule has 3 atom stereocenters. The first-order chi connectivity index (χ1) is 26.9.